The third kappa shape index (κ3) is 1.80. The number of nitrogens with one attached hydrogen (secondary N) is 1. The van der Waals surface area contributed by atoms with Gasteiger partial charge in [0, 0.05) is 25.0 Å². The van der Waals surface area contributed by atoms with Gasteiger partial charge < -0.3 is 14.6 Å². The maximum absolute atomic E-state index is 5.17. The lowest BCUT2D eigenvalue weighted by Gasteiger charge is -2.09. The molecule has 0 radical (unpaired) electrons. The Kier molecular flexibility index (Phi) is 2.57. The molecule has 0 saturated heterocycles. The van der Waals surface area contributed by atoms with E-state index in [-0.39, 0.29) is 0 Å². The van der Waals surface area contributed by atoms with Gasteiger partial charge >= 0.3 is 0 Å². The molecule has 0 atom stereocenters. The second-order valence-electron chi connectivity index (χ2n) is 4.21. The van der Waals surface area contributed by atoms with Crippen LogP contribution < -0.4 is 5.32 Å². The van der Waals surface area contributed by atoms with E-state index in [4.69, 9.17) is 4.74 Å². The van der Waals surface area contributed by atoms with E-state index >= 15 is 0 Å². The van der Waals surface area contributed by atoms with Crippen LogP contribution in [0.2, 0.25) is 0 Å². The number of rotatable bonds is 3. The molecule has 4 nitrogen and oxygen atoms in total. The first-order chi connectivity index (χ1) is 8.38. The molecule has 0 unspecified atom stereocenters. The number of anilines is 1. The highest BCUT2D eigenvalue weighted by molar-refractivity contribution is 5.59. The molecule has 0 aliphatic carbocycles. The van der Waals surface area contributed by atoms with Crippen molar-refractivity contribution in [2.24, 2.45) is 0 Å². The lowest BCUT2D eigenvalue weighted by atomic mass is 10.1. The topological polar surface area (TPSA) is 39.1 Å². The van der Waals surface area contributed by atoms with Gasteiger partial charge in [-0.2, -0.15) is 0 Å². The van der Waals surface area contributed by atoms with E-state index in [0.29, 0.717) is 6.61 Å². The number of nitrogens with zero attached hydrogens (tertiary/aromatic N) is 2. The van der Waals surface area contributed by atoms with Gasteiger partial charge in [0.05, 0.1) is 24.8 Å². The minimum Gasteiger partial charge on any atom is -0.384 e. The maximum Gasteiger partial charge on any atom is 0.0995 e. The molecule has 2 heterocycles. The smallest absolute Gasteiger partial charge is 0.0995 e. The van der Waals surface area contributed by atoms with Gasteiger partial charge in [0.15, 0.2) is 0 Å². The number of methoxy groups -OCH3 is 1. The van der Waals surface area contributed by atoms with Gasteiger partial charge in [-0.05, 0) is 30.2 Å². The number of benzene rings is 1. The first kappa shape index (κ1) is 10.4. The average molecular weight is 229 g/mol. The Hall–Kier alpha value is -1.81. The third-order valence-electron chi connectivity index (χ3n) is 3.08. The summed E-state index contributed by atoms with van der Waals surface area (Å²) in [5.41, 5.74) is 4.84. The summed E-state index contributed by atoms with van der Waals surface area (Å²) < 4.78 is 7.24. The van der Waals surface area contributed by atoms with E-state index in [1.54, 1.807) is 7.11 Å². The van der Waals surface area contributed by atoms with Gasteiger partial charge in [-0.3, -0.25) is 0 Å². The standard InChI is InChI=1S/C13H15N3O/c1-17-8-12-7-14-9-16(12)11-2-3-13-10(6-11)4-5-15-13/h2-3,6-7,9,15H,4-5,8H2,1H3. The van der Waals surface area contributed by atoms with Crippen LogP contribution in [0.15, 0.2) is 30.7 Å². The molecule has 88 valence electrons. The van der Waals surface area contributed by atoms with E-state index in [1.807, 2.05) is 12.5 Å². The summed E-state index contributed by atoms with van der Waals surface area (Å²) in [4.78, 5) is 4.18. The van der Waals surface area contributed by atoms with Gasteiger partial charge in [-0.25, -0.2) is 4.98 Å². The summed E-state index contributed by atoms with van der Waals surface area (Å²) in [7, 11) is 1.70. The van der Waals surface area contributed by atoms with Gasteiger partial charge in [-0.1, -0.05) is 0 Å². The molecule has 0 saturated carbocycles. The Bertz CT molecular complexity index is 533. The van der Waals surface area contributed by atoms with Gasteiger partial charge in [0.2, 0.25) is 0 Å². The van der Waals surface area contributed by atoms with Crippen molar-refractivity contribution < 1.29 is 4.74 Å². The summed E-state index contributed by atoms with van der Waals surface area (Å²) in [5.74, 6) is 0. The maximum atomic E-state index is 5.17. The van der Waals surface area contributed by atoms with Crippen LogP contribution in [0.5, 0.6) is 0 Å². The van der Waals surface area contributed by atoms with E-state index in [9.17, 15) is 0 Å². The fraction of sp³-hybridized carbons (Fsp3) is 0.308. The monoisotopic (exact) mass is 229 g/mol. The van der Waals surface area contributed by atoms with Crippen LogP contribution in [-0.4, -0.2) is 23.2 Å². The van der Waals surface area contributed by atoms with Crippen LogP contribution in [0.25, 0.3) is 5.69 Å². The molecule has 1 aromatic carbocycles. The van der Waals surface area contributed by atoms with Crippen LogP contribution in [0.4, 0.5) is 5.69 Å². The molecule has 0 fully saturated rings. The lowest BCUT2D eigenvalue weighted by molar-refractivity contribution is 0.180. The van der Waals surface area contributed by atoms with Crippen LogP contribution >= 0.6 is 0 Å². The Morgan fingerprint density at radius 1 is 1.47 bits per heavy atom. The SMILES string of the molecule is COCc1cncn1-c1ccc2c(c1)CCN2. The Morgan fingerprint density at radius 2 is 2.41 bits per heavy atom. The summed E-state index contributed by atoms with van der Waals surface area (Å²) in [6.07, 6.45) is 4.77. The summed E-state index contributed by atoms with van der Waals surface area (Å²) in [6, 6.07) is 6.46. The van der Waals surface area contributed by atoms with Gasteiger partial charge in [0.25, 0.3) is 0 Å². The second-order valence-corrected chi connectivity index (χ2v) is 4.21. The van der Waals surface area contributed by atoms with Crippen molar-refractivity contribution in [1.82, 2.24) is 9.55 Å². The average Bonchev–Trinajstić information content (AvgIpc) is 2.96. The van der Waals surface area contributed by atoms with Crippen LogP contribution in [0, 0.1) is 0 Å². The van der Waals surface area contributed by atoms with Gasteiger partial charge in [-0.15, -0.1) is 0 Å². The summed E-state index contributed by atoms with van der Waals surface area (Å²) >= 11 is 0. The normalized spacial score (nSPS) is 13.5. The van der Waals surface area contributed by atoms with Crippen molar-refractivity contribution in [3.63, 3.8) is 0 Å². The minimum absolute atomic E-state index is 0.579. The summed E-state index contributed by atoms with van der Waals surface area (Å²) in [6.45, 7) is 1.61. The lowest BCUT2D eigenvalue weighted by Crippen LogP contribution is -2.00. The third-order valence-corrected chi connectivity index (χ3v) is 3.08. The van der Waals surface area contributed by atoms with Crippen LogP contribution in [0.1, 0.15) is 11.3 Å². The van der Waals surface area contributed by atoms with Crippen molar-refractivity contribution in [2.45, 2.75) is 13.0 Å². The minimum atomic E-state index is 0.579. The van der Waals surface area contributed by atoms with E-state index < -0.39 is 0 Å². The fourth-order valence-corrected chi connectivity index (χ4v) is 2.25. The molecule has 0 spiro atoms. The number of hydrogen-bond donors (Lipinski definition) is 1. The first-order valence-electron chi connectivity index (χ1n) is 5.76. The first-order valence-corrected chi connectivity index (χ1v) is 5.76. The predicted octanol–water partition coefficient (Wildman–Crippen LogP) is 1.99. The zero-order valence-corrected chi connectivity index (χ0v) is 9.81. The second kappa shape index (κ2) is 4.22. The number of aromatic nitrogens is 2. The molecule has 0 amide bonds. The largest absolute Gasteiger partial charge is 0.384 e. The molecule has 1 aliphatic rings. The Labute approximate surface area is 100 Å². The van der Waals surface area contributed by atoms with Crippen molar-refractivity contribution in [3.05, 3.63) is 42.0 Å². The molecule has 0 bridgehead atoms. The zero-order chi connectivity index (χ0) is 11.7. The highest BCUT2D eigenvalue weighted by Crippen LogP contribution is 2.25. The fourth-order valence-electron chi connectivity index (χ4n) is 2.25. The van der Waals surface area contributed by atoms with Crippen molar-refractivity contribution in [1.29, 1.82) is 0 Å². The molecule has 17 heavy (non-hydrogen) atoms. The number of hydrogen-bond acceptors (Lipinski definition) is 3. The number of imidazole rings is 1. The molecule has 1 N–H and O–H groups in total. The molecular formula is C13H15N3O. The van der Waals surface area contributed by atoms with E-state index in [0.717, 1.165) is 24.3 Å². The highest BCUT2D eigenvalue weighted by atomic mass is 16.5. The van der Waals surface area contributed by atoms with Crippen LogP contribution in [0.3, 0.4) is 0 Å². The Morgan fingerprint density at radius 3 is 3.29 bits per heavy atom. The highest BCUT2D eigenvalue weighted by Gasteiger charge is 2.11. The Balaban J connectivity index is 2.00. The number of ether oxygens (including phenoxy) is 1. The molecule has 2 aromatic rings. The van der Waals surface area contributed by atoms with E-state index in [2.05, 4.69) is 33.1 Å². The zero-order valence-electron chi connectivity index (χ0n) is 9.81. The summed E-state index contributed by atoms with van der Waals surface area (Å²) in [5, 5.41) is 3.36. The molecule has 1 aliphatic heterocycles. The van der Waals surface area contributed by atoms with Crippen molar-refractivity contribution >= 4 is 5.69 Å². The quantitative estimate of drug-likeness (QED) is 0.874. The predicted molar refractivity (Wildman–Crippen MR) is 66.5 cm³/mol. The molecule has 1 aromatic heterocycles. The van der Waals surface area contributed by atoms with Crippen LogP contribution in [-0.2, 0) is 17.8 Å². The number of fused-ring (bicyclic) bond motifs is 1. The van der Waals surface area contributed by atoms with Gasteiger partial charge in [0.1, 0.15) is 0 Å². The molecule has 4 heteroatoms. The van der Waals surface area contributed by atoms with Crippen molar-refractivity contribution in [2.75, 3.05) is 19.0 Å². The molecule has 3 rings (SSSR count). The van der Waals surface area contributed by atoms with Crippen molar-refractivity contribution in [3.8, 4) is 5.69 Å². The van der Waals surface area contributed by atoms with E-state index in [1.165, 1.54) is 11.3 Å². The molecular weight excluding hydrogens is 214 g/mol.